The summed E-state index contributed by atoms with van der Waals surface area (Å²) in [6.45, 7) is 4.23. The van der Waals surface area contributed by atoms with Gasteiger partial charge < -0.3 is 15.8 Å². The number of anilines is 3. The topological polar surface area (TPSA) is 106 Å². The Hall–Kier alpha value is -2.45. The summed E-state index contributed by atoms with van der Waals surface area (Å²) in [5, 5.41) is 3.75. The van der Waals surface area contributed by atoms with E-state index in [1.165, 1.54) is 0 Å². The van der Waals surface area contributed by atoms with Gasteiger partial charge >= 0.3 is 5.97 Å². The van der Waals surface area contributed by atoms with Crippen LogP contribution in [-0.4, -0.2) is 45.5 Å². The number of hydrogen-bond donors (Lipinski definition) is 2. The Morgan fingerprint density at radius 1 is 1.33 bits per heavy atom. The summed E-state index contributed by atoms with van der Waals surface area (Å²) in [6, 6.07) is 7.21. The second-order valence-electron chi connectivity index (χ2n) is 6.39. The number of piperidine rings is 1. The summed E-state index contributed by atoms with van der Waals surface area (Å²) in [5.74, 6) is 0.838. The van der Waals surface area contributed by atoms with Gasteiger partial charge in [-0.15, -0.1) is 0 Å². The van der Waals surface area contributed by atoms with Gasteiger partial charge in [-0.3, -0.25) is 9.69 Å². The van der Waals surface area contributed by atoms with Crippen molar-refractivity contribution in [2.24, 2.45) is 5.92 Å². The molecule has 1 aromatic heterocycles. The highest BCUT2D eigenvalue weighted by Crippen LogP contribution is 2.20. The molecule has 27 heavy (non-hydrogen) atoms. The standard InChI is InChI=1S/C18H23ClN6O2/c1-2-27-16(26)12-4-3-9-25(10-12)11-15-22-17(20)24-18(23-15)21-14-7-5-13(19)6-8-14/h5-8,12H,2-4,9-11H2,1H3,(H3,20,21,22,23,24)/t12-/m0/s1. The molecule has 1 fully saturated rings. The van der Waals surface area contributed by atoms with Crippen molar-refractivity contribution in [2.45, 2.75) is 26.3 Å². The van der Waals surface area contributed by atoms with Crippen LogP contribution in [-0.2, 0) is 16.1 Å². The highest BCUT2D eigenvalue weighted by Gasteiger charge is 2.27. The first-order chi connectivity index (χ1) is 13.0. The first kappa shape index (κ1) is 19.3. The van der Waals surface area contributed by atoms with Gasteiger partial charge in [0.15, 0.2) is 0 Å². The van der Waals surface area contributed by atoms with Crippen LogP contribution in [0.1, 0.15) is 25.6 Å². The summed E-state index contributed by atoms with van der Waals surface area (Å²) in [5.41, 5.74) is 6.64. The molecule has 8 nitrogen and oxygen atoms in total. The molecule has 0 radical (unpaired) electrons. The van der Waals surface area contributed by atoms with E-state index < -0.39 is 0 Å². The average molecular weight is 391 g/mol. The number of carbonyl (C=O) groups excluding carboxylic acids is 1. The van der Waals surface area contributed by atoms with Gasteiger partial charge in [0.2, 0.25) is 11.9 Å². The largest absolute Gasteiger partial charge is 0.466 e. The first-order valence-electron chi connectivity index (χ1n) is 8.95. The number of nitrogen functional groups attached to an aromatic ring is 1. The molecule has 3 rings (SSSR count). The Labute approximate surface area is 163 Å². The number of hydrogen-bond acceptors (Lipinski definition) is 8. The molecule has 9 heteroatoms. The van der Waals surface area contributed by atoms with Crippen LogP contribution in [0.25, 0.3) is 0 Å². The highest BCUT2D eigenvalue weighted by atomic mass is 35.5. The van der Waals surface area contributed by atoms with Crippen LogP contribution >= 0.6 is 11.6 Å². The van der Waals surface area contributed by atoms with Gasteiger partial charge in [0.25, 0.3) is 0 Å². The van der Waals surface area contributed by atoms with E-state index in [2.05, 4.69) is 25.2 Å². The van der Waals surface area contributed by atoms with Gasteiger partial charge in [-0.2, -0.15) is 15.0 Å². The molecule has 1 aliphatic heterocycles. The minimum Gasteiger partial charge on any atom is -0.466 e. The number of halogens is 1. The summed E-state index contributed by atoms with van der Waals surface area (Å²) in [6.07, 6.45) is 1.78. The number of nitrogens with one attached hydrogen (secondary N) is 1. The molecule has 1 aromatic carbocycles. The fourth-order valence-corrected chi connectivity index (χ4v) is 3.20. The highest BCUT2D eigenvalue weighted by molar-refractivity contribution is 6.30. The molecule has 1 saturated heterocycles. The van der Waals surface area contributed by atoms with E-state index in [1.54, 1.807) is 12.1 Å². The SMILES string of the molecule is CCOC(=O)[C@H]1CCCN(Cc2nc(N)nc(Nc3ccc(Cl)cc3)n2)C1. The first-order valence-corrected chi connectivity index (χ1v) is 9.33. The molecule has 0 saturated carbocycles. The predicted octanol–water partition coefficient (Wildman–Crippen LogP) is 2.63. The molecular weight excluding hydrogens is 368 g/mol. The smallest absolute Gasteiger partial charge is 0.310 e. The van der Waals surface area contributed by atoms with Crippen molar-refractivity contribution in [2.75, 3.05) is 30.7 Å². The zero-order chi connectivity index (χ0) is 19.2. The maximum atomic E-state index is 12.0. The number of ether oxygens (including phenoxy) is 1. The number of esters is 1. The maximum Gasteiger partial charge on any atom is 0.310 e. The zero-order valence-electron chi connectivity index (χ0n) is 15.2. The third-order valence-electron chi connectivity index (χ3n) is 4.29. The molecule has 0 bridgehead atoms. The minimum atomic E-state index is -0.137. The molecule has 0 amide bonds. The predicted molar refractivity (Wildman–Crippen MR) is 104 cm³/mol. The van der Waals surface area contributed by atoms with Crippen LogP contribution < -0.4 is 11.1 Å². The third-order valence-corrected chi connectivity index (χ3v) is 4.54. The number of rotatable bonds is 6. The number of benzene rings is 1. The Morgan fingerprint density at radius 3 is 2.85 bits per heavy atom. The van der Waals surface area contributed by atoms with Crippen LogP contribution in [0, 0.1) is 5.92 Å². The number of nitrogens with zero attached hydrogens (tertiary/aromatic N) is 4. The van der Waals surface area contributed by atoms with Gasteiger partial charge in [-0.05, 0) is 50.6 Å². The van der Waals surface area contributed by atoms with Crippen molar-refractivity contribution in [1.82, 2.24) is 19.9 Å². The minimum absolute atomic E-state index is 0.107. The van der Waals surface area contributed by atoms with Crippen molar-refractivity contribution in [1.29, 1.82) is 0 Å². The molecule has 3 N–H and O–H groups in total. The molecule has 1 aliphatic rings. The monoisotopic (exact) mass is 390 g/mol. The lowest BCUT2D eigenvalue weighted by molar-refractivity contribution is -0.150. The number of carbonyl (C=O) groups is 1. The molecule has 2 aromatic rings. The van der Waals surface area contributed by atoms with E-state index in [0.717, 1.165) is 25.1 Å². The van der Waals surface area contributed by atoms with E-state index in [1.807, 2.05) is 19.1 Å². The number of aromatic nitrogens is 3. The molecule has 0 unspecified atom stereocenters. The molecule has 144 valence electrons. The van der Waals surface area contributed by atoms with Gasteiger partial charge in [-0.1, -0.05) is 11.6 Å². The maximum absolute atomic E-state index is 12.0. The van der Waals surface area contributed by atoms with Gasteiger partial charge in [-0.25, -0.2) is 0 Å². The number of nitrogens with two attached hydrogens (primary N) is 1. The summed E-state index contributed by atoms with van der Waals surface area (Å²) < 4.78 is 5.15. The van der Waals surface area contributed by atoms with Crippen molar-refractivity contribution >= 4 is 35.2 Å². The van der Waals surface area contributed by atoms with E-state index in [9.17, 15) is 4.79 Å². The normalized spacial score (nSPS) is 17.5. The van der Waals surface area contributed by atoms with Gasteiger partial charge in [0.05, 0.1) is 19.1 Å². The molecule has 1 atom stereocenters. The van der Waals surface area contributed by atoms with Crippen molar-refractivity contribution in [3.8, 4) is 0 Å². The van der Waals surface area contributed by atoms with Crippen molar-refractivity contribution in [3.63, 3.8) is 0 Å². The van der Waals surface area contributed by atoms with Crippen molar-refractivity contribution < 1.29 is 9.53 Å². The Morgan fingerprint density at radius 2 is 2.11 bits per heavy atom. The molecule has 2 heterocycles. The molecular formula is C18H23ClN6O2. The summed E-state index contributed by atoms with van der Waals surface area (Å²) in [4.78, 5) is 27.0. The van der Waals surface area contributed by atoms with Gasteiger partial charge in [0.1, 0.15) is 5.82 Å². The quantitative estimate of drug-likeness (QED) is 0.725. The van der Waals surface area contributed by atoms with E-state index >= 15 is 0 Å². The van der Waals surface area contributed by atoms with Crippen LogP contribution in [0.4, 0.5) is 17.6 Å². The zero-order valence-corrected chi connectivity index (χ0v) is 15.9. The Balaban J connectivity index is 1.67. The second kappa shape index (κ2) is 8.96. The summed E-state index contributed by atoms with van der Waals surface area (Å²) >= 11 is 5.90. The fourth-order valence-electron chi connectivity index (χ4n) is 3.08. The van der Waals surface area contributed by atoms with Crippen LogP contribution in [0.3, 0.4) is 0 Å². The Bertz CT molecular complexity index is 786. The van der Waals surface area contributed by atoms with Crippen molar-refractivity contribution in [3.05, 3.63) is 35.1 Å². The van der Waals surface area contributed by atoms with E-state index in [4.69, 9.17) is 22.1 Å². The van der Waals surface area contributed by atoms with E-state index in [0.29, 0.717) is 36.5 Å². The van der Waals surface area contributed by atoms with E-state index in [-0.39, 0.29) is 17.8 Å². The average Bonchev–Trinajstić information content (AvgIpc) is 2.63. The molecule has 0 spiro atoms. The Kier molecular flexibility index (Phi) is 6.41. The number of likely N-dealkylation sites (tertiary alicyclic amines) is 1. The van der Waals surface area contributed by atoms with Crippen LogP contribution in [0.5, 0.6) is 0 Å². The van der Waals surface area contributed by atoms with Crippen LogP contribution in [0.15, 0.2) is 24.3 Å². The second-order valence-corrected chi connectivity index (χ2v) is 6.83. The summed E-state index contributed by atoms with van der Waals surface area (Å²) in [7, 11) is 0. The lowest BCUT2D eigenvalue weighted by Gasteiger charge is -2.30. The third kappa shape index (κ3) is 5.51. The lowest BCUT2D eigenvalue weighted by Crippen LogP contribution is -2.39. The fraction of sp³-hybridized carbons (Fsp3) is 0.444. The van der Waals surface area contributed by atoms with Gasteiger partial charge in [0, 0.05) is 17.3 Å². The van der Waals surface area contributed by atoms with Crippen LogP contribution in [0.2, 0.25) is 5.02 Å². The molecule has 0 aliphatic carbocycles. The lowest BCUT2D eigenvalue weighted by atomic mass is 9.98.